The van der Waals surface area contributed by atoms with E-state index in [1.54, 1.807) is 42.5 Å². The highest BCUT2D eigenvalue weighted by Gasteiger charge is 2.14. The normalized spacial score (nSPS) is 11.2. The Kier molecular flexibility index (Phi) is 6.35. The van der Waals surface area contributed by atoms with Crippen LogP contribution in [0.15, 0.2) is 64.9 Å². The molecule has 0 spiro atoms. The summed E-state index contributed by atoms with van der Waals surface area (Å²) < 4.78 is 28.5. The Hall–Kier alpha value is -2.39. The average Bonchev–Trinajstić information content (AvgIpc) is 3.15. The van der Waals surface area contributed by atoms with Crippen molar-refractivity contribution in [1.82, 2.24) is 5.32 Å². The minimum atomic E-state index is -3.74. The Balaban J connectivity index is 1.65. The Morgan fingerprint density at radius 2 is 1.79 bits per heavy atom. The molecule has 1 heterocycles. The number of primary sulfonamides is 1. The first-order valence-electron chi connectivity index (χ1n) is 8.19. The van der Waals surface area contributed by atoms with Crippen LogP contribution in [0.1, 0.15) is 20.8 Å². The van der Waals surface area contributed by atoms with Crippen LogP contribution in [-0.2, 0) is 23.2 Å². The molecule has 0 aliphatic heterocycles. The van der Waals surface area contributed by atoms with E-state index in [0.717, 1.165) is 16.9 Å². The fourth-order valence-corrected chi connectivity index (χ4v) is 4.23. The van der Waals surface area contributed by atoms with Gasteiger partial charge in [0.05, 0.1) is 12.1 Å². The maximum absolute atomic E-state index is 12.6. The summed E-state index contributed by atoms with van der Waals surface area (Å²) in [5.74, 6) is 0.128. The first-order valence-corrected chi connectivity index (χ1v) is 10.9. The van der Waals surface area contributed by atoms with E-state index >= 15 is 0 Å². The molecule has 0 aliphatic rings. The van der Waals surface area contributed by atoms with Gasteiger partial charge < -0.3 is 10.1 Å². The predicted molar refractivity (Wildman–Crippen MR) is 109 cm³/mol. The van der Waals surface area contributed by atoms with E-state index in [4.69, 9.17) is 21.5 Å². The van der Waals surface area contributed by atoms with E-state index in [1.165, 1.54) is 6.07 Å². The summed E-state index contributed by atoms with van der Waals surface area (Å²) in [5, 5.41) is 8.50. The van der Waals surface area contributed by atoms with Gasteiger partial charge in [0.2, 0.25) is 10.0 Å². The molecule has 0 aliphatic carbocycles. The van der Waals surface area contributed by atoms with E-state index < -0.39 is 10.0 Å². The fraction of sp³-hybridized carbons (Fsp3) is 0.105. The van der Waals surface area contributed by atoms with Gasteiger partial charge in [0.1, 0.15) is 16.6 Å². The maximum atomic E-state index is 12.6. The smallest absolute Gasteiger partial charge is 0.255 e. The molecule has 0 fully saturated rings. The average molecular weight is 437 g/mol. The SMILES string of the molecule is NS(=O)(=O)c1ccc(CNC(=O)c2ccccc2OCc2ccc(Cl)cc2)s1. The standard InChI is InChI=1S/C19H17ClN2O4S2/c20-14-7-5-13(6-8-14)12-26-17-4-2-1-3-16(17)19(23)22-11-15-9-10-18(27-15)28(21,24)25/h1-10H,11-12H2,(H,22,23)(H2,21,24,25). The summed E-state index contributed by atoms with van der Waals surface area (Å²) in [6.45, 7) is 0.481. The Morgan fingerprint density at radius 3 is 2.46 bits per heavy atom. The number of thiophene rings is 1. The van der Waals surface area contributed by atoms with Crippen molar-refractivity contribution in [3.8, 4) is 5.75 Å². The molecule has 0 saturated heterocycles. The van der Waals surface area contributed by atoms with Crippen molar-refractivity contribution in [2.24, 2.45) is 5.14 Å². The molecule has 0 saturated carbocycles. The molecule has 146 valence electrons. The topological polar surface area (TPSA) is 98.5 Å². The summed E-state index contributed by atoms with van der Waals surface area (Å²) in [4.78, 5) is 13.2. The second-order valence-corrected chi connectivity index (χ2v) is 9.25. The van der Waals surface area contributed by atoms with Crippen molar-refractivity contribution in [1.29, 1.82) is 0 Å². The number of hydrogen-bond donors (Lipinski definition) is 2. The van der Waals surface area contributed by atoms with Crippen LogP contribution in [0.2, 0.25) is 5.02 Å². The number of sulfonamides is 1. The Morgan fingerprint density at radius 1 is 1.07 bits per heavy atom. The summed E-state index contributed by atoms with van der Waals surface area (Å²) >= 11 is 6.89. The van der Waals surface area contributed by atoms with E-state index in [0.29, 0.717) is 27.8 Å². The predicted octanol–water partition coefficient (Wildman–Crippen LogP) is 3.56. The second-order valence-electron chi connectivity index (χ2n) is 5.86. The fourth-order valence-electron chi connectivity index (χ4n) is 2.39. The molecule has 1 aromatic heterocycles. The number of ether oxygens (including phenoxy) is 1. The highest BCUT2D eigenvalue weighted by molar-refractivity contribution is 7.91. The lowest BCUT2D eigenvalue weighted by molar-refractivity contribution is 0.0946. The van der Waals surface area contributed by atoms with Crippen molar-refractivity contribution < 1.29 is 17.9 Å². The molecule has 0 radical (unpaired) electrons. The minimum Gasteiger partial charge on any atom is -0.488 e. The van der Waals surface area contributed by atoms with E-state index in [2.05, 4.69) is 5.32 Å². The van der Waals surface area contributed by atoms with Crippen LogP contribution in [0.4, 0.5) is 0 Å². The number of benzene rings is 2. The second kappa shape index (κ2) is 8.74. The summed E-state index contributed by atoms with van der Waals surface area (Å²) in [5.41, 5.74) is 1.31. The van der Waals surface area contributed by atoms with Crippen LogP contribution in [0.5, 0.6) is 5.75 Å². The molecule has 6 nitrogen and oxygen atoms in total. The van der Waals surface area contributed by atoms with Crippen molar-refractivity contribution >= 4 is 38.9 Å². The van der Waals surface area contributed by atoms with Gasteiger partial charge in [0.25, 0.3) is 5.91 Å². The molecule has 2 aromatic carbocycles. The van der Waals surface area contributed by atoms with Crippen LogP contribution in [0, 0.1) is 0 Å². The number of amides is 1. The molecule has 0 bridgehead atoms. The minimum absolute atomic E-state index is 0.0587. The molecular formula is C19H17ClN2O4S2. The maximum Gasteiger partial charge on any atom is 0.255 e. The zero-order chi connectivity index (χ0) is 20.1. The Bertz CT molecular complexity index is 1080. The van der Waals surface area contributed by atoms with Crippen LogP contribution in [-0.4, -0.2) is 14.3 Å². The summed E-state index contributed by atoms with van der Waals surface area (Å²) in [6.07, 6.45) is 0. The molecular weight excluding hydrogens is 420 g/mol. The number of nitrogens with two attached hydrogens (primary N) is 1. The van der Waals surface area contributed by atoms with Gasteiger partial charge in [-0.25, -0.2) is 13.6 Å². The van der Waals surface area contributed by atoms with Crippen LogP contribution >= 0.6 is 22.9 Å². The van der Waals surface area contributed by atoms with E-state index in [-0.39, 0.29) is 16.7 Å². The summed E-state index contributed by atoms with van der Waals surface area (Å²) in [7, 11) is -3.74. The Labute approximate surface area is 172 Å². The number of nitrogens with one attached hydrogen (secondary N) is 1. The summed E-state index contributed by atoms with van der Waals surface area (Å²) in [6, 6.07) is 17.2. The molecule has 1 amide bonds. The lowest BCUT2D eigenvalue weighted by atomic mass is 10.2. The van der Waals surface area contributed by atoms with Gasteiger partial charge in [0, 0.05) is 9.90 Å². The van der Waals surface area contributed by atoms with Crippen molar-refractivity contribution in [2.45, 2.75) is 17.4 Å². The number of carbonyl (C=O) groups is 1. The third-order valence-electron chi connectivity index (χ3n) is 3.78. The van der Waals surface area contributed by atoms with Gasteiger partial charge in [-0.05, 0) is 42.0 Å². The van der Waals surface area contributed by atoms with Gasteiger partial charge in [-0.2, -0.15) is 0 Å². The van der Waals surface area contributed by atoms with Crippen molar-refractivity contribution in [2.75, 3.05) is 0 Å². The zero-order valence-electron chi connectivity index (χ0n) is 14.6. The van der Waals surface area contributed by atoms with Crippen LogP contribution in [0.25, 0.3) is 0 Å². The monoisotopic (exact) mass is 436 g/mol. The molecule has 3 rings (SSSR count). The van der Waals surface area contributed by atoms with Crippen LogP contribution in [0.3, 0.4) is 0 Å². The molecule has 9 heteroatoms. The lowest BCUT2D eigenvalue weighted by Crippen LogP contribution is -2.23. The largest absolute Gasteiger partial charge is 0.488 e. The highest BCUT2D eigenvalue weighted by atomic mass is 35.5. The highest BCUT2D eigenvalue weighted by Crippen LogP contribution is 2.22. The number of para-hydroxylation sites is 1. The van der Waals surface area contributed by atoms with E-state index in [9.17, 15) is 13.2 Å². The third kappa shape index (κ3) is 5.32. The zero-order valence-corrected chi connectivity index (χ0v) is 17.0. The third-order valence-corrected chi connectivity index (χ3v) is 6.56. The quantitative estimate of drug-likeness (QED) is 0.591. The number of rotatable bonds is 7. The number of hydrogen-bond acceptors (Lipinski definition) is 5. The van der Waals surface area contributed by atoms with Crippen molar-refractivity contribution in [3.63, 3.8) is 0 Å². The molecule has 0 atom stereocenters. The molecule has 28 heavy (non-hydrogen) atoms. The first-order chi connectivity index (χ1) is 13.3. The lowest BCUT2D eigenvalue weighted by Gasteiger charge is -2.11. The van der Waals surface area contributed by atoms with Crippen molar-refractivity contribution in [3.05, 3.63) is 81.7 Å². The van der Waals surface area contributed by atoms with Crippen LogP contribution < -0.4 is 15.2 Å². The first kappa shape index (κ1) is 20.3. The van der Waals surface area contributed by atoms with Gasteiger partial charge >= 0.3 is 0 Å². The van der Waals surface area contributed by atoms with Gasteiger partial charge in [-0.15, -0.1) is 11.3 Å². The number of halogens is 1. The molecule has 3 N–H and O–H groups in total. The van der Waals surface area contributed by atoms with Gasteiger partial charge in [0.15, 0.2) is 0 Å². The van der Waals surface area contributed by atoms with E-state index in [1.807, 2.05) is 12.1 Å². The molecule has 0 unspecified atom stereocenters. The molecule has 3 aromatic rings. The van der Waals surface area contributed by atoms with Gasteiger partial charge in [-0.1, -0.05) is 35.9 Å². The number of carbonyl (C=O) groups excluding carboxylic acids is 1. The van der Waals surface area contributed by atoms with Gasteiger partial charge in [-0.3, -0.25) is 4.79 Å².